The third-order valence-corrected chi connectivity index (χ3v) is 0.761. The molecule has 0 spiro atoms. The van der Waals surface area contributed by atoms with Crippen LogP contribution in [0.3, 0.4) is 0 Å². The summed E-state index contributed by atoms with van der Waals surface area (Å²) in [6.07, 6.45) is 4.30. The van der Waals surface area contributed by atoms with Gasteiger partial charge in [-0.2, -0.15) is 0 Å². The van der Waals surface area contributed by atoms with Gasteiger partial charge in [-0.15, -0.1) is 0 Å². The van der Waals surface area contributed by atoms with Crippen molar-refractivity contribution in [2.75, 3.05) is 0 Å². The average molecular weight is 176 g/mol. The Bertz CT molecular complexity index is 120. The van der Waals surface area contributed by atoms with Crippen molar-refractivity contribution in [3.8, 4) is 0 Å². The SMILES string of the molecule is N=C(Br)/C=C\CC=O. The van der Waals surface area contributed by atoms with Crippen LogP contribution in [-0.4, -0.2) is 10.9 Å². The molecule has 0 aromatic rings. The van der Waals surface area contributed by atoms with E-state index < -0.39 is 0 Å². The highest BCUT2D eigenvalue weighted by atomic mass is 79.9. The topological polar surface area (TPSA) is 40.9 Å². The predicted octanol–water partition coefficient (Wildman–Crippen LogP) is 1.50. The fraction of sp³-hybridized carbons (Fsp3) is 0.200. The second kappa shape index (κ2) is 4.71. The molecule has 0 aliphatic heterocycles. The first-order valence-corrected chi connectivity index (χ1v) is 2.91. The molecule has 0 aromatic carbocycles. The first-order chi connectivity index (χ1) is 3.77. The largest absolute Gasteiger partial charge is 0.303 e. The Morgan fingerprint density at radius 1 is 1.75 bits per heavy atom. The number of allylic oxidation sites excluding steroid dienone is 2. The second-order valence-electron chi connectivity index (χ2n) is 1.15. The highest BCUT2D eigenvalue weighted by Gasteiger charge is 1.75. The minimum absolute atomic E-state index is 0.291. The van der Waals surface area contributed by atoms with Gasteiger partial charge in [0.2, 0.25) is 0 Å². The highest BCUT2D eigenvalue weighted by Crippen LogP contribution is 1.87. The Morgan fingerprint density at radius 3 is 2.75 bits per heavy atom. The Labute approximate surface area is 56.2 Å². The standard InChI is InChI=1S/C5H6BrNO/c6-5(7)3-1-2-4-8/h1,3-4,7H,2H2/b3-1-,7-5?. The quantitative estimate of drug-likeness (QED) is 0.513. The molecular weight excluding hydrogens is 170 g/mol. The minimum Gasteiger partial charge on any atom is -0.303 e. The van der Waals surface area contributed by atoms with Crippen molar-refractivity contribution in [2.45, 2.75) is 6.42 Å². The molecule has 0 radical (unpaired) electrons. The van der Waals surface area contributed by atoms with Gasteiger partial charge < -0.3 is 4.79 Å². The number of carbonyl (C=O) groups excluding carboxylic acids is 1. The monoisotopic (exact) mass is 175 g/mol. The lowest BCUT2D eigenvalue weighted by Crippen LogP contribution is -1.72. The molecule has 0 aliphatic carbocycles. The van der Waals surface area contributed by atoms with E-state index in [-0.39, 0.29) is 0 Å². The molecule has 0 heterocycles. The number of rotatable bonds is 3. The molecule has 2 nitrogen and oxygen atoms in total. The summed E-state index contributed by atoms with van der Waals surface area (Å²) in [5.74, 6) is 0. The first-order valence-electron chi connectivity index (χ1n) is 2.11. The molecule has 3 heteroatoms. The molecule has 8 heavy (non-hydrogen) atoms. The fourth-order valence-electron chi connectivity index (χ4n) is 0.227. The Morgan fingerprint density at radius 2 is 2.38 bits per heavy atom. The normalized spacial score (nSPS) is 9.62. The number of nitrogens with one attached hydrogen (secondary N) is 1. The Balaban J connectivity index is 3.34. The minimum atomic E-state index is 0.291. The summed E-state index contributed by atoms with van der Waals surface area (Å²) in [4.78, 5) is 9.65. The van der Waals surface area contributed by atoms with Gasteiger partial charge in [0, 0.05) is 6.42 Å². The third kappa shape index (κ3) is 5.56. The Kier molecular flexibility index (Phi) is 4.45. The van der Waals surface area contributed by atoms with Crippen molar-refractivity contribution in [2.24, 2.45) is 0 Å². The van der Waals surface area contributed by atoms with Crippen LogP contribution in [0.2, 0.25) is 0 Å². The zero-order valence-electron chi connectivity index (χ0n) is 4.23. The van der Waals surface area contributed by atoms with Crippen LogP contribution in [0.4, 0.5) is 0 Å². The molecule has 0 amide bonds. The summed E-state index contributed by atoms with van der Waals surface area (Å²) >= 11 is 2.89. The summed E-state index contributed by atoms with van der Waals surface area (Å²) in [5.41, 5.74) is 0. The Hall–Kier alpha value is -0.440. The van der Waals surface area contributed by atoms with Gasteiger partial charge in [0.25, 0.3) is 0 Å². The number of carbonyl (C=O) groups is 1. The van der Waals surface area contributed by atoms with Crippen molar-refractivity contribution in [1.29, 1.82) is 5.41 Å². The number of aldehydes is 1. The van der Waals surface area contributed by atoms with Crippen LogP contribution in [0.1, 0.15) is 6.42 Å². The molecule has 0 bridgehead atoms. The third-order valence-electron chi connectivity index (χ3n) is 0.496. The molecule has 0 aliphatic rings. The van der Waals surface area contributed by atoms with E-state index in [1.54, 1.807) is 6.08 Å². The molecule has 0 aromatic heterocycles. The summed E-state index contributed by atoms with van der Waals surface area (Å²) in [7, 11) is 0. The van der Waals surface area contributed by atoms with Crippen molar-refractivity contribution >= 4 is 26.8 Å². The lowest BCUT2D eigenvalue weighted by atomic mass is 10.4. The first kappa shape index (κ1) is 7.56. The van der Waals surface area contributed by atoms with E-state index in [9.17, 15) is 4.79 Å². The lowest BCUT2D eigenvalue weighted by molar-refractivity contribution is -0.107. The van der Waals surface area contributed by atoms with Crippen LogP contribution in [0.15, 0.2) is 12.2 Å². The molecule has 0 fully saturated rings. The fourth-order valence-corrected chi connectivity index (χ4v) is 0.414. The predicted molar refractivity (Wildman–Crippen MR) is 36.5 cm³/mol. The van der Waals surface area contributed by atoms with Gasteiger partial charge in [0.05, 0.1) is 4.62 Å². The maximum absolute atomic E-state index is 9.65. The molecule has 0 saturated carbocycles. The number of hydrogen-bond acceptors (Lipinski definition) is 2. The van der Waals surface area contributed by atoms with E-state index in [0.29, 0.717) is 11.0 Å². The van der Waals surface area contributed by atoms with E-state index in [4.69, 9.17) is 5.41 Å². The molecule has 44 valence electrons. The van der Waals surface area contributed by atoms with Crippen LogP contribution < -0.4 is 0 Å². The maximum atomic E-state index is 9.65. The molecule has 0 saturated heterocycles. The highest BCUT2D eigenvalue weighted by molar-refractivity contribution is 9.18. The van der Waals surface area contributed by atoms with E-state index in [1.807, 2.05) is 0 Å². The lowest BCUT2D eigenvalue weighted by Gasteiger charge is -1.75. The van der Waals surface area contributed by atoms with E-state index in [0.717, 1.165) is 6.29 Å². The van der Waals surface area contributed by atoms with Gasteiger partial charge in [-0.1, -0.05) is 6.08 Å². The van der Waals surface area contributed by atoms with Crippen molar-refractivity contribution < 1.29 is 4.79 Å². The smallest absolute Gasteiger partial charge is 0.123 e. The molecule has 0 rings (SSSR count). The number of halogens is 1. The van der Waals surface area contributed by atoms with Crippen LogP contribution >= 0.6 is 15.9 Å². The summed E-state index contributed by atoms with van der Waals surface area (Å²) in [6, 6.07) is 0. The molecule has 0 unspecified atom stereocenters. The molecule has 0 atom stereocenters. The van der Waals surface area contributed by atoms with Crippen LogP contribution in [0.5, 0.6) is 0 Å². The van der Waals surface area contributed by atoms with Crippen LogP contribution in [0, 0.1) is 5.41 Å². The summed E-state index contributed by atoms with van der Waals surface area (Å²) in [5, 5.41) is 6.79. The van der Waals surface area contributed by atoms with Gasteiger partial charge in [0.15, 0.2) is 0 Å². The number of hydrogen-bond donors (Lipinski definition) is 1. The van der Waals surface area contributed by atoms with E-state index in [2.05, 4.69) is 15.9 Å². The van der Waals surface area contributed by atoms with Gasteiger partial charge in [0.1, 0.15) is 6.29 Å². The van der Waals surface area contributed by atoms with Crippen LogP contribution in [-0.2, 0) is 4.79 Å². The van der Waals surface area contributed by atoms with Gasteiger partial charge in [-0.3, -0.25) is 5.41 Å². The average Bonchev–Trinajstić information content (AvgIpc) is 1.66. The van der Waals surface area contributed by atoms with Gasteiger partial charge in [-0.05, 0) is 22.0 Å². The van der Waals surface area contributed by atoms with Gasteiger partial charge >= 0.3 is 0 Å². The zero-order valence-corrected chi connectivity index (χ0v) is 5.81. The zero-order chi connectivity index (χ0) is 6.41. The van der Waals surface area contributed by atoms with Crippen molar-refractivity contribution in [1.82, 2.24) is 0 Å². The van der Waals surface area contributed by atoms with E-state index in [1.165, 1.54) is 6.08 Å². The van der Waals surface area contributed by atoms with Crippen molar-refractivity contribution in [3.05, 3.63) is 12.2 Å². The summed E-state index contributed by atoms with van der Waals surface area (Å²) < 4.78 is 0.291. The summed E-state index contributed by atoms with van der Waals surface area (Å²) in [6.45, 7) is 0. The molecule has 1 N–H and O–H groups in total. The second-order valence-corrected chi connectivity index (χ2v) is 2.01. The van der Waals surface area contributed by atoms with Crippen LogP contribution in [0.25, 0.3) is 0 Å². The van der Waals surface area contributed by atoms with E-state index >= 15 is 0 Å². The maximum Gasteiger partial charge on any atom is 0.123 e. The molecular formula is C5H6BrNO. The van der Waals surface area contributed by atoms with Crippen molar-refractivity contribution in [3.63, 3.8) is 0 Å². The van der Waals surface area contributed by atoms with Gasteiger partial charge in [-0.25, -0.2) is 0 Å².